The summed E-state index contributed by atoms with van der Waals surface area (Å²) in [6.45, 7) is 5.29. The van der Waals surface area contributed by atoms with Crippen LogP contribution in [0.4, 0.5) is 0 Å². The number of rotatable bonds is 1. The van der Waals surface area contributed by atoms with Crippen LogP contribution in [0.2, 0.25) is 0 Å². The summed E-state index contributed by atoms with van der Waals surface area (Å²) in [5.41, 5.74) is 0.322. The normalized spacial score (nSPS) is 12.0. The molecule has 0 radical (unpaired) electrons. The van der Waals surface area contributed by atoms with Gasteiger partial charge in [0.1, 0.15) is 6.61 Å². The van der Waals surface area contributed by atoms with Crippen molar-refractivity contribution in [3.8, 4) is 0 Å². The maximum absolute atomic E-state index is 11.0. The molecule has 0 fully saturated rings. The largest absolute Gasteiger partial charge is 0.387 e. The van der Waals surface area contributed by atoms with Gasteiger partial charge in [-0.3, -0.25) is 4.63 Å². The zero-order valence-corrected chi connectivity index (χ0v) is 7.37. The van der Waals surface area contributed by atoms with Crippen LogP contribution < -0.4 is 4.90 Å². The molecule has 1 heterocycles. The van der Waals surface area contributed by atoms with Crippen LogP contribution in [0.25, 0.3) is 0 Å². The number of hydrogen-bond donors (Lipinski definition) is 1. The molecule has 0 atom stereocenters. The van der Waals surface area contributed by atoms with Crippen molar-refractivity contribution in [2.45, 2.75) is 32.8 Å². The smallest absolute Gasteiger partial charge is 0.247 e. The van der Waals surface area contributed by atoms with Gasteiger partial charge in [0.2, 0.25) is 11.4 Å². The summed E-state index contributed by atoms with van der Waals surface area (Å²) >= 11 is 0. The first-order valence-electron chi connectivity index (χ1n) is 3.66. The van der Waals surface area contributed by atoms with Crippen LogP contribution in [-0.4, -0.2) is 10.3 Å². The van der Waals surface area contributed by atoms with E-state index in [1.807, 2.05) is 20.8 Å². The number of aliphatic hydroxyl groups is 1. The average Bonchev–Trinajstić information content (AvgIpc) is 2.29. The fourth-order valence-corrected chi connectivity index (χ4v) is 1.09. The fraction of sp³-hybridized carbons (Fsp3) is 0.714. The van der Waals surface area contributed by atoms with Crippen LogP contribution >= 0.6 is 0 Å². The molecule has 1 rings (SSSR count). The van der Waals surface area contributed by atoms with E-state index < -0.39 is 0 Å². The summed E-state index contributed by atoms with van der Waals surface area (Å²) in [5.74, 6) is 0. The van der Waals surface area contributed by atoms with Gasteiger partial charge in [-0.2, -0.15) is 0 Å². The highest BCUT2D eigenvalue weighted by atomic mass is 16.8. The van der Waals surface area contributed by atoms with Gasteiger partial charge in [-0.1, -0.05) is 20.8 Å². The lowest BCUT2D eigenvalue weighted by Crippen LogP contribution is -2.36. The molecule has 0 unspecified atom stereocenters. The van der Waals surface area contributed by atoms with Gasteiger partial charge in [-0.05, 0) is 4.90 Å². The minimum Gasteiger partial charge on any atom is -0.387 e. The van der Waals surface area contributed by atoms with Crippen molar-refractivity contribution < 1.29 is 14.6 Å². The molecular weight excluding hydrogens is 160 g/mol. The maximum Gasteiger partial charge on any atom is 0.247 e. The van der Waals surface area contributed by atoms with Gasteiger partial charge in [-0.25, -0.2) is 0 Å². The van der Waals surface area contributed by atoms with E-state index in [9.17, 15) is 5.21 Å². The molecule has 0 amide bonds. The molecule has 0 spiro atoms. The van der Waals surface area contributed by atoms with Crippen molar-refractivity contribution in [1.29, 1.82) is 0 Å². The molecule has 1 aromatic rings. The molecule has 0 bridgehead atoms. The Hall–Kier alpha value is -1.10. The van der Waals surface area contributed by atoms with Gasteiger partial charge in [-0.15, -0.1) is 0 Å². The van der Waals surface area contributed by atoms with Crippen molar-refractivity contribution in [1.82, 2.24) is 5.16 Å². The van der Waals surface area contributed by atoms with Crippen LogP contribution in [0.1, 0.15) is 32.2 Å². The van der Waals surface area contributed by atoms with Crippen molar-refractivity contribution in [2.24, 2.45) is 0 Å². The molecule has 1 aromatic heterocycles. The third-order valence-corrected chi connectivity index (χ3v) is 1.54. The highest BCUT2D eigenvalue weighted by molar-refractivity contribution is 5.11. The third kappa shape index (κ3) is 1.40. The van der Waals surface area contributed by atoms with E-state index in [-0.39, 0.29) is 12.0 Å². The van der Waals surface area contributed by atoms with Gasteiger partial charge in [0.15, 0.2) is 0 Å². The molecule has 5 heteroatoms. The van der Waals surface area contributed by atoms with Gasteiger partial charge in [0.05, 0.1) is 0 Å². The summed E-state index contributed by atoms with van der Waals surface area (Å²) in [5, 5.41) is 23.3. The topological polar surface area (TPSA) is 73.2 Å². The van der Waals surface area contributed by atoms with E-state index in [1.165, 1.54) is 0 Å². The predicted molar refractivity (Wildman–Crippen MR) is 40.1 cm³/mol. The molecule has 68 valence electrons. The Labute approximate surface area is 70.1 Å². The van der Waals surface area contributed by atoms with Gasteiger partial charge in [0, 0.05) is 10.6 Å². The molecule has 0 aliphatic carbocycles. The van der Waals surface area contributed by atoms with Crippen LogP contribution in [-0.2, 0) is 12.0 Å². The Balaban J connectivity index is 3.19. The van der Waals surface area contributed by atoms with Crippen molar-refractivity contribution in [3.63, 3.8) is 0 Å². The van der Waals surface area contributed by atoms with Crippen LogP contribution in [0, 0.1) is 5.21 Å². The van der Waals surface area contributed by atoms with E-state index in [0.29, 0.717) is 16.3 Å². The Morgan fingerprint density at radius 3 is 2.50 bits per heavy atom. The maximum atomic E-state index is 11.0. The Morgan fingerprint density at radius 1 is 1.58 bits per heavy atom. The summed E-state index contributed by atoms with van der Waals surface area (Å²) in [6.07, 6.45) is 0. The lowest BCUT2D eigenvalue weighted by molar-refractivity contribution is -0.810. The molecule has 0 aliphatic heterocycles. The number of aromatic nitrogens is 2. The van der Waals surface area contributed by atoms with E-state index in [4.69, 9.17) is 5.11 Å². The second kappa shape index (κ2) is 2.75. The monoisotopic (exact) mass is 172 g/mol. The lowest BCUT2D eigenvalue weighted by atomic mass is 9.91. The van der Waals surface area contributed by atoms with Crippen LogP contribution in [0.5, 0.6) is 0 Å². The zero-order valence-electron chi connectivity index (χ0n) is 7.37. The molecule has 5 nitrogen and oxygen atoms in total. The lowest BCUT2D eigenvalue weighted by Gasteiger charge is -2.13. The molecule has 12 heavy (non-hydrogen) atoms. The first-order chi connectivity index (χ1) is 5.46. The molecule has 1 N–H and O–H groups in total. The highest BCUT2D eigenvalue weighted by Crippen LogP contribution is 2.21. The van der Waals surface area contributed by atoms with E-state index in [2.05, 4.69) is 9.79 Å². The molecule has 0 aromatic carbocycles. The van der Waals surface area contributed by atoms with E-state index in [1.54, 1.807) is 0 Å². The second-order valence-electron chi connectivity index (χ2n) is 3.63. The summed E-state index contributed by atoms with van der Waals surface area (Å²) < 4.78 is 4.36. The standard InChI is InChI=1S/C7H12N2O3/c1-7(2,3)6-5(4-10)8-12-9(6)11/h10H,4H2,1-3H3. The summed E-state index contributed by atoms with van der Waals surface area (Å²) in [6, 6.07) is 0. The van der Waals surface area contributed by atoms with Crippen LogP contribution in [0.15, 0.2) is 4.63 Å². The molecule has 0 saturated carbocycles. The molecule has 0 saturated heterocycles. The van der Waals surface area contributed by atoms with E-state index >= 15 is 0 Å². The van der Waals surface area contributed by atoms with Crippen LogP contribution in [0.3, 0.4) is 0 Å². The van der Waals surface area contributed by atoms with Crippen molar-refractivity contribution in [3.05, 3.63) is 16.6 Å². The summed E-state index contributed by atoms with van der Waals surface area (Å²) in [7, 11) is 0. The molecule has 0 aliphatic rings. The minimum absolute atomic E-state index is 0.272. The Morgan fingerprint density at radius 2 is 2.17 bits per heavy atom. The zero-order chi connectivity index (χ0) is 9.35. The Bertz CT molecular complexity index is 275. The van der Waals surface area contributed by atoms with Gasteiger partial charge >= 0.3 is 0 Å². The highest BCUT2D eigenvalue weighted by Gasteiger charge is 2.30. The number of nitrogens with zero attached hydrogens (tertiary/aromatic N) is 2. The van der Waals surface area contributed by atoms with Gasteiger partial charge < -0.3 is 10.3 Å². The third-order valence-electron chi connectivity index (χ3n) is 1.54. The second-order valence-corrected chi connectivity index (χ2v) is 3.63. The number of hydrogen-bond acceptors (Lipinski definition) is 4. The average molecular weight is 172 g/mol. The fourth-order valence-electron chi connectivity index (χ4n) is 1.09. The van der Waals surface area contributed by atoms with Gasteiger partial charge in [0.25, 0.3) is 0 Å². The predicted octanol–water partition coefficient (Wildman–Crippen LogP) is 0.0978. The van der Waals surface area contributed by atoms with Crippen molar-refractivity contribution in [2.75, 3.05) is 0 Å². The van der Waals surface area contributed by atoms with Crippen molar-refractivity contribution >= 4 is 0 Å². The quantitative estimate of drug-likeness (QED) is 0.609. The Kier molecular flexibility index (Phi) is 2.06. The first kappa shape index (κ1) is 8.99. The molecular formula is C7H12N2O3. The van der Waals surface area contributed by atoms with E-state index in [0.717, 1.165) is 0 Å². The minimum atomic E-state index is -0.361. The number of aliphatic hydroxyl groups excluding tert-OH is 1. The summed E-state index contributed by atoms with van der Waals surface area (Å²) in [4.78, 5) is 0.339. The SMILES string of the molecule is CC(C)(C)c1c(CO)no[n+]1[O-]. The first-order valence-corrected chi connectivity index (χ1v) is 3.66.